The molecule has 238 valence electrons. The van der Waals surface area contributed by atoms with Crippen molar-refractivity contribution < 1.29 is 28.4 Å². The van der Waals surface area contributed by atoms with Crippen molar-refractivity contribution in [1.29, 1.82) is 0 Å². The fourth-order valence-electron chi connectivity index (χ4n) is 5.91. The Labute approximate surface area is 265 Å². The lowest BCUT2D eigenvalue weighted by molar-refractivity contribution is 0.222. The molecular formula is C35H42N4O6. The van der Waals surface area contributed by atoms with Crippen LogP contribution in [0.2, 0.25) is 0 Å². The van der Waals surface area contributed by atoms with Gasteiger partial charge in [0.1, 0.15) is 0 Å². The van der Waals surface area contributed by atoms with E-state index in [1.54, 1.807) is 42.7 Å². The van der Waals surface area contributed by atoms with Crippen molar-refractivity contribution in [2.75, 3.05) is 62.8 Å². The summed E-state index contributed by atoms with van der Waals surface area (Å²) >= 11 is 0. The van der Waals surface area contributed by atoms with Crippen molar-refractivity contribution in [1.82, 2.24) is 19.8 Å². The maximum atomic E-state index is 5.55. The van der Waals surface area contributed by atoms with E-state index in [1.165, 1.54) is 11.1 Å². The van der Waals surface area contributed by atoms with Gasteiger partial charge in [0, 0.05) is 55.7 Å². The van der Waals surface area contributed by atoms with Crippen LogP contribution in [0.15, 0.2) is 60.9 Å². The van der Waals surface area contributed by atoms with Gasteiger partial charge in [0.25, 0.3) is 0 Å². The van der Waals surface area contributed by atoms with E-state index in [-0.39, 0.29) is 0 Å². The first kappa shape index (κ1) is 31.9. The fourth-order valence-corrected chi connectivity index (χ4v) is 5.91. The number of ether oxygens (including phenoxy) is 6. The lowest BCUT2D eigenvalue weighted by Crippen LogP contribution is -2.34. The van der Waals surface area contributed by atoms with Gasteiger partial charge in [-0.3, -0.25) is 19.8 Å². The van der Waals surface area contributed by atoms with Gasteiger partial charge in [-0.15, -0.1) is 0 Å². The second-order valence-electron chi connectivity index (χ2n) is 11.0. The van der Waals surface area contributed by atoms with E-state index >= 15 is 0 Å². The van der Waals surface area contributed by atoms with Crippen molar-refractivity contribution >= 4 is 0 Å². The lowest BCUT2D eigenvalue weighted by Gasteiger charge is -2.25. The van der Waals surface area contributed by atoms with Gasteiger partial charge >= 0.3 is 0 Å². The van der Waals surface area contributed by atoms with Crippen LogP contribution in [0.5, 0.6) is 34.5 Å². The Morgan fingerprint density at radius 2 is 1.13 bits per heavy atom. The maximum absolute atomic E-state index is 5.55. The largest absolute Gasteiger partial charge is 0.493 e. The molecule has 1 aliphatic rings. The minimum Gasteiger partial charge on any atom is -0.493 e. The topological polar surface area (TPSA) is 87.6 Å². The molecule has 0 saturated carbocycles. The average molecular weight is 615 g/mol. The van der Waals surface area contributed by atoms with Gasteiger partial charge in [0.05, 0.1) is 54.0 Å². The van der Waals surface area contributed by atoms with Crippen molar-refractivity contribution in [3.8, 4) is 57.0 Å². The molecule has 1 saturated heterocycles. The molecule has 0 radical (unpaired) electrons. The van der Waals surface area contributed by atoms with Gasteiger partial charge in [-0.25, -0.2) is 0 Å². The predicted molar refractivity (Wildman–Crippen MR) is 174 cm³/mol. The van der Waals surface area contributed by atoms with Crippen LogP contribution in [-0.4, -0.2) is 88.6 Å². The molecule has 0 aliphatic carbocycles. The van der Waals surface area contributed by atoms with E-state index in [0.29, 0.717) is 40.5 Å². The van der Waals surface area contributed by atoms with Crippen LogP contribution in [-0.2, 0) is 13.1 Å². The molecule has 5 rings (SSSR count). The molecule has 0 spiro atoms. The Kier molecular flexibility index (Phi) is 10.3. The van der Waals surface area contributed by atoms with Crippen LogP contribution < -0.4 is 28.4 Å². The quantitative estimate of drug-likeness (QED) is 0.191. The SMILES string of the molecule is COc1cc(-c2cc(CN3CCC(N(C)Cc4ccnc(-c5cc(OC)c(OC)c(OC)c5)c4)C3)ccn2)cc(OC)c1OC. The summed E-state index contributed by atoms with van der Waals surface area (Å²) in [5.41, 5.74) is 5.94. The maximum Gasteiger partial charge on any atom is 0.203 e. The van der Waals surface area contributed by atoms with Gasteiger partial charge in [-0.1, -0.05) is 0 Å². The summed E-state index contributed by atoms with van der Waals surface area (Å²) in [6, 6.07) is 16.6. The molecule has 10 heteroatoms. The van der Waals surface area contributed by atoms with E-state index in [0.717, 1.165) is 55.1 Å². The first-order valence-corrected chi connectivity index (χ1v) is 14.8. The van der Waals surface area contributed by atoms with Crippen LogP contribution in [0.25, 0.3) is 22.5 Å². The second-order valence-corrected chi connectivity index (χ2v) is 11.0. The molecule has 0 N–H and O–H groups in total. The number of likely N-dealkylation sites (N-methyl/N-ethyl adjacent to an activating group) is 1. The highest BCUT2D eigenvalue weighted by Crippen LogP contribution is 2.42. The third-order valence-electron chi connectivity index (χ3n) is 8.28. The number of hydrogen-bond acceptors (Lipinski definition) is 10. The van der Waals surface area contributed by atoms with Crippen LogP contribution in [0, 0.1) is 0 Å². The molecule has 0 bridgehead atoms. The minimum absolute atomic E-state index is 0.444. The first-order valence-electron chi connectivity index (χ1n) is 14.8. The van der Waals surface area contributed by atoms with Gasteiger partial charge in [-0.05, 0) is 73.1 Å². The number of benzene rings is 2. The molecule has 1 aliphatic heterocycles. The molecule has 0 amide bonds. The number of aromatic nitrogens is 2. The predicted octanol–water partition coefficient (Wildman–Crippen LogP) is 5.57. The van der Waals surface area contributed by atoms with Crippen molar-refractivity contribution in [2.24, 2.45) is 0 Å². The van der Waals surface area contributed by atoms with Gasteiger partial charge in [-0.2, -0.15) is 0 Å². The standard InChI is InChI=1S/C35H42N4O6/c1-38(20-23-8-11-36-28(14-23)25-16-30(40-2)34(44-6)31(17-25)41-3)27-10-13-39(22-27)21-24-9-12-37-29(15-24)26-18-32(42-4)35(45-7)33(19-26)43-5/h8-9,11-12,14-19,27H,10,13,20-22H2,1-7H3. The number of pyridine rings is 2. The second kappa shape index (κ2) is 14.5. The Balaban J connectivity index is 1.24. The Morgan fingerprint density at radius 1 is 0.667 bits per heavy atom. The molecule has 3 heterocycles. The normalized spacial score (nSPS) is 14.8. The highest BCUT2D eigenvalue weighted by molar-refractivity contribution is 5.70. The van der Waals surface area contributed by atoms with E-state index < -0.39 is 0 Å². The van der Waals surface area contributed by atoms with Crippen LogP contribution in [0.3, 0.4) is 0 Å². The van der Waals surface area contributed by atoms with Gasteiger partial charge in [0.2, 0.25) is 11.5 Å². The molecule has 4 aromatic rings. The fraction of sp³-hybridized carbons (Fsp3) is 0.371. The van der Waals surface area contributed by atoms with E-state index in [4.69, 9.17) is 28.4 Å². The zero-order valence-corrected chi connectivity index (χ0v) is 27.1. The molecule has 2 aromatic heterocycles. The van der Waals surface area contributed by atoms with Crippen molar-refractivity contribution in [2.45, 2.75) is 25.6 Å². The zero-order chi connectivity index (χ0) is 31.9. The molecule has 2 aromatic carbocycles. The summed E-state index contributed by atoms with van der Waals surface area (Å²) in [4.78, 5) is 14.2. The third kappa shape index (κ3) is 7.08. The zero-order valence-electron chi connectivity index (χ0n) is 27.1. The van der Waals surface area contributed by atoms with E-state index in [9.17, 15) is 0 Å². The van der Waals surface area contributed by atoms with Crippen LogP contribution in [0.4, 0.5) is 0 Å². The highest BCUT2D eigenvalue weighted by atomic mass is 16.5. The molecular weight excluding hydrogens is 572 g/mol. The van der Waals surface area contributed by atoms with E-state index in [2.05, 4.69) is 51.1 Å². The Hall–Kier alpha value is -4.54. The van der Waals surface area contributed by atoms with E-state index in [1.807, 2.05) is 36.7 Å². The first-order chi connectivity index (χ1) is 21.9. The number of rotatable bonds is 13. The number of hydrogen-bond donors (Lipinski definition) is 0. The van der Waals surface area contributed by atoms with Crippen LogP contribution >= 0.6 is 0 Å². The number of methoxy groups -OCH3 is 6. The monoisotopic (exact) mass is 614 g/mol. The van der Waals surface area contributed by atoms with Crippen LogP contribution in [0.1, 0.15) is 17.5 Å². The summed E-state index contributed by atoms with van der Waals surface area (Å²) in [6.07, 6.45) is 4.83. The summed E-state index contributed by atoms with van der Waals surface area (Å²) in [5.74, 6) is 3.55. The number of likely N-dealkylation sites (tertiary alicyclic amines) is 1. The Morgan fingerprint density at radius 3 is 1.60 bits per heavy atom. The average Bonchev–Trinajstić information content (AvgIpc) is 3.55. The summed E-state index contributed by atoms with van der Waals surface area (Å²) in [5, 5.41) is 0. The molecule has 1 atom stereocenters. The summed E-state index contributed by atoms with van der Waals surface area (Å²) in [7, 11) is 11.9. The molecule has 1 unspecified atom stereocenters. The van der Waals surface area contributed by atoms with Gasteiger partial charge in [0.15, 0.2) is 23.0 Å². The summed E-state index contributed by atoms with van der Waals surface area (Å²) < 4.78 is 33.2. The lowest BCUT2D eigenvalue weighted by atomic mass is 10.1. The Bertz CT molecular complexity index is 1560. The third-order valence-corrected chi connectivity index (χ3v) is 8.28. The molecule has 10 nitrogen and oxygen atoms in total. The van der Waals surface area contributed by atoms with Gasteiger partial charge < -0.3 is 28.4 Å². The molecule has 45 heavy (non-hydrogen) atoms. The number of nitrogens with zero attached hydrogens (tertiary/aromatic N) is 4. The molecule has 1 fully saturated rings. The summed E-state index contributed by atoms with van der Waals surface area (Å²) in [6.45, 7) is 3.69. The van der Waals surface area contributed by atoms with Crippen molar-refractivity contribution in [3.63, 3.8) is 0 Å². The van der Waals surface area contributed by atoms with Crippen molar-refractivity contribution in [3.05, 3.63) is 72.1 Å². The highest BCUT2D eigenvalue weighted by Gasteiger charge is 2.26. The smallest absolute Gasteiger partial charge is 0.203 e. The minimum atomic E-state index is 0.444.